The Bertz CT molecular complexity index is 1220. The van der Waals surface area contributed by atoms with Gasteiger partial charge in [-0.1, -0.05) is 17.3 Å². The Morgan fingerprint density at radius 3 is 2.58 bits per heavy atom. The van der Waals surface area contributed by atoms with E-state index < -0.39 is 23.4 Å². The lowest BCUT2D eigenvalue weighted by atomic mass is 9.91. The molecule has 1 N–H and O–H groups in total. The summed E-state index contributed by atoms with van der Waals surface area (Å²) in [6.45, 7) is 1.68. The first kappa shape index (κ1) is 25.7. The molecule has 0 atom stereocenters. The van der Waals surface area contributed by atoms with Gasteiger partial charge < -0.3 is 29.3 Å². The fraction of sp³-hybridized carbons (Fsp3) is 0.423. The molecule has 0 aliphatic carbocycles. The van der Waals surface area contributed by atoms with Crippen LogP contribution in [0.3, 0.4) is 0 Å². The molecule has 3 aliphatic rings. The number of piperidine rings is 1. The maximum atomic E-state index is 12.7. The maximum Gasteiger partial charge on any atom is 0.416 e. The lowest BCUT2D eigenvalue weighted by Crippen LogP contribution is -2.49. The third-order valence-electron chi connectivity index (χ3n) is 6.80. The monoisotopic (exact) mass is 533 g/mol. The van der Waals surface area contributed by atoms with Crippen molar-refractivity contribution in [3.8, 4) is 11.5 Å². The second-order valence-electron chi connectivity index (χ2n) is 9.36. The number of rotatable bonds is 6. The SMILES string of the molecule is O=C1NCC2(CCN(C(=O)COc3ccc4c(c3)OCC/C4=N\OCc3ccc(C(F)(F)F)cc3)CC2)O1. The highest BCUT2D eigenvalue weighted by atomic mass is 19.4. The van der Waals surface area contributed by atoms with E-state index in [4.69, 9.17) is 19.0 Å². The highest BCUT2D eigenvalue weighted by molar-refractivity contribution is 6.03. The van der Waals surface area contributed by atoms with Crippen LogP contribution in [0.1, 0.15) is 36.0 Å². The average molecular weight is 534 g/mol. The van der Waals surface area contributed by atoms with Crippen molar-refractivity contribution in [2.75, 3.05) is 32.8 Å². The molecule has 2 amide bonds. The zero-order chi connectivity index (χ0) is 26.8. The van der Waals surface area contributed by atoms with E-state index in [1.165, 1.54) is 12.1 Å². The summed E-state index contributed by atoms with van der Waals surface area (Å²) >= 11 is 0. The Hall–Kier alpha value is -3.96. The van der Waals surface area contributed by atoms with Gasteiger partial charge in [0, 0.05) is 44.0 Å². The van der Waals surface area contributed by atoms with Crippen LogP contribution in [0, 0.1) is 0 Å². The lowest BCUT2D eigenvalue weighted by molar-refractivity contribution is -0.138. The normalized spacial score (nSPS) is 19.4. The van der Waals surface area contributed by atoms with Gasteiger partial charge >= 0.3 is 12.3 Å². The van der Waals surface area contributed by atoms with Crippen molar-refractivity contribution < 1.29 is 41.8 Å². The zero-order valence-corrected chi connectivity index (χ0v) is 20.4. The fourth-order valence-corrected chi connectivity index (χ4v) is 4.59. The number of hydrogen-bond donors (Lipinski definition) is 1. The van der Waals surface area contributed by atoms with Crippen molar-refractivity contribution in [1.82, 2.24) is 10.2 Å². The van der Waals surface area contributed by atoms with Crippen molar-refractivity contribution in [3.05, 3.63) is 59.2 Å². The highest BCUT2D eigenvalue weighted by Gasteiger charge is 2.43. The van der Waals surface area contributed by atoms with Crippen LogP contribution in [0.25, 0.3) is 0 Å². The minimum absolute atomic E-state index is 0.0255. The first-order valence-corrected chi connectivity index (χ1v) is 12.2. The molecule has 1 spiro atoms. The standard InChI is InChI=1S/C26H26F3N3O6/c27-26(28,29)18-3-1-17(2-4-18)14-37-31-21-7-12-35-22-13-19(5-6-20(21)22)36-15-23(33)32-10-8-25(9-11-32)16-30-24(34)38-25/h1-6,13H,7-12,14-16H2,(H,30,34)/b31-21+. The molecule has 12 heteroatoms. The maximum absolute atomic E-state index is 12.7. The van der Waals surface area contributed by atoms with Gasteiger partial charge in [-0.3, -0.25) is 4.79 Å². The lowest BCUT2D eigenvalue weighted by Gasteiger charge is -2.37. The summed E-state index contributed by atoms with van der Waals surface area (Å²) in [5, 5.41) is 6.84. The van der Waals surface area contributed by atoms with Gasteiger partial charge in [-0.2, -0.15) is 13.2 Å². The van der Waals surface area contributed by atoms with E-state index in [2.05, 4.69) is 10.5 Å². The molecular weight excluding hydrogens is 507 g/mol. The molecule has 3 aliphatic heterocycles. The second-order valence-corrected chi connectivity index (χ2v) is 9.36. The quantitative estimate of drug-likeness (QED) is 0.566. The van der Waals surface area contributed by atoms with Gasteiger partial charge in [0.2, 0.25) is 0 Å². The van der Waals surface area contributed by atoms with Gasteiger partial charge in [-0.05, 0) is 29.8 Å². The molecule has 202 valence electrons. The third kappa shape index (κ3) is 5.79. The van der Waals surface area contributed by atoms with E-state index in [0.717, 1.165) is 12.1 Å². The van der Waals surface area contributed by atoms with Crippen LogP contribution < -0.4 is 14.8 Å². The molecule has 2 fully saturated rings. The van der Waals surface area contributed by atoms with Crippen LogP contribution in [0.4, 0.5) is 18.0 Å². The number of oxime groups is 1. The smallest absolute Gasteiger partial charge is 0.416 e. The minimum atomic E-state index is -4.39. The number of amides is 2. The Balaban J connectivity index is 1.13. The Morgan fingerprint density at radius 1 is 1.13 bits per heavy atom. The van der Waals surface area contributed by atoms with Crippen LogP contribution in [-0.4, -0.2) is 61.1 Å². The largest absolute Gasteiger partial charge is 0.492 e. The Kier molecular flexibility index (Phi) is 7.04. The predicted octanol–water partition coefficient (Wildman–Crippen LogP) is 3.89. The molecular formula is C26H26F3N3O6. The van der Waals surface area contributed by atoms with Gasteiger partial charge in [0.1, 0.15) is 23.7 Å². The molecule has 38 heavy (non-hydrogen) atoms. The first-order valence-electron chi connectivity index (χ1n) is 12.2. The fourth-order valence-electron chi connectivity index (χ4n) is 4.59. The molecule has 9 nitrogen and oxygen atoms in total. The number of carbonyl (C=O) groups excluding carboxylic acids is 2. The molecule has 2 aromatic carbocycles. The van der Waals surface area contributed by atoms with E-state index in [1.54, 1.807) is 23.1 Å². The van der Waals surface area contributed by atoms with E-state index >= 15 is 0 Å². The number of alkyl carbamates (subject to hydrolysis) is 1. The summed E-state index contributed by atoms with van der Waals surface area (Å²) in [5.41, 5.74) is 0.677. The molecule has 3 heterocycles. The number of hydrogen-bond acceptors (Lipinski definition) is 7. The van der Waals surface area contributed by atoms with E-state index in [0.29, 0.717) is 73.8 Å². The number of ether oxygens (including phenoxy) is 3. The first-order chi connectivity index (χ1) is 18.2. The third-order valence-corrected chi connectivity index (χ3v) is 6.80. The van der Waals surface area contributed by atoms with Crippen molar-refractivity contribution in [2.24, 2.45) is 5.16 Å². The number of alkyl halides is 3. The van der Waals surface area contributed by atoms with Crippen LogP contribution >= 0.6 is 0 Å². The van der Waals surface area contributed by atoms with Gasteiger partial charge in [0.15, 0.2) is 6.61 Å². The molecule has 2 aromatic rings. The minimum Gasteiger partial charge on any atom is -0.492 e. The molecule has 0 radical (unpaired) electrons. The van der Waals surface area contributed by atoms with E-state index in [1.807, 2.05) is 0 Å². The zero-order valence-electron chi connectivity index (χ0n) is 20.4. The molecule has 0 aromatic heterocycles. The number of carbonyl (C=O) groups is 2. The highest BCUT2D eigenvalue weighted by Crippen LogP contribution is 2.32. The summed E-state index contributed by atoms with van der Waals surface area (Å²) in [7, 11) is 0. The number of halogens is 3. The van der Waals surface area contributed by atoms with E-state index in [9.17, 15) is 22.8 Å². The van der Waals surface area contributed by atoms with Crippen LogP contribution in [0.2, 0.25) is 0 Å². The van der Waals surface area contributed by atoms with Crippen molar-refractivity contribution in [2.45, 2.75) is 37.6 Å². The van der Waals surface area contributed by atoms with Crippen LogP contribution in [0.5, 0.6) is 11.5 Å². The van der Waals surface area contributed by atoms with Gasteiger partial charge in [-0.25, -0.2) is 4.79 Å². The van der Waals surface area contributed by atoms with E-state index in [-0.39, 0.29) is 19.1 Å². The summed E-state index contributed by atoms with van der Waals surface area (Å²) < 4.78 is 54.9. The number of likely N-dealkylation sites (tertiary alicyclic amines) is 1. The summed E-state index contributed by atoms with van der Waals surface area (Å²) in [5.74, 6) is 0.842. The summed E-state index contributed by atoms with van der Waals surface area (Å²) in [4.78, 5) is 31.1. The average Bonchev–Trinajstić information content (AvgIpc) is 3.27. The molecule has 5 rings (SSSR count). The molecule has 2 saturated heterocycles. The number of fused-ring (bicyclic) bond motifs is 1. The predicted molar refractivity (Wildman–Crippen MR) is 128 cm³/mol. The summed E-state index contributed by atoms with van der Waals surface area (Å²) in [6.07, 6.45) is -3.15. The number of nitrogens with zero attached hydrogens (tertiary/aromatic N) is 2. The van der Waals surface area contributed by atoms with Gasteiger partial charge in [0.25, 0.3) is 5.91 Å². The molecule has 0 unspecified atom stereocenters. The summed E-state index contributed by atoms with van der Waals surface area (Å²) in [6, 6.07) is 9.88. The topological polar surface area (TPSA) is 98.7 Å². The molecule has 0 saturated carbocycles. The Morgan fingerprint density at radius 2 is 1.89 bits per heavy atom. The van der Waals surface area contributed by atoms with Crippen molar-refractivity contribution in [1.29, 1.82) is 0 Å². The van der Waals surface area contributed by atoms with Crippen LogP contribution in [0.15, 0.2) is 47.6 Å². The Labute approximate surface area is 216 Å². The number of nitrogens with one attached hydrogen (secondary N) is 1. The molecule has 0 bridgehead atoms. The van der Waals surface area contributed by atoms with Gasteiger partial charge in [0.05, 0.1) is 24.4 Å². The van der Waals surface area contributed by atoms with Crippen molar-refractivity contribution >= 4 is 17.7 Å². The van der Waals surface area contributed by atoms with Gasteiger partial charge in [-0.15, -0.1) is 0 Å². The number of benzene rings is 2. The second kappa shape index (κ2) is 10.4. The van der Waals surface area contributed by atoms with Crippen LogP contribution in [-0.2, 0) is 27.2 Å². The van der Waals surface area contributed by atoms with Crippen molar-refractivity contribution in [3.63, 3.8) is 0 Å².